The molecular formula is C20H22ClN5O. The first kappa shape index (κ1) is 19.1. The van der Waals surface area contributed by atoms with E-state index < -0.39 is 0 Å². The minimum Gasteiger partial charge on any atom is -0.347 e. The maximum atomic E-state index is 12.5. The number of benzene rings is 2. The number of nitrogens with two attached hydrogens (primary N) is 1. The van der Waals surface area contributed by atoms with E-state index in [0.717, 1.165) is 5.56 Å². The lowest BCUT2D eigenvalue weighted by Gasteiger charge is -2.12. The first-order valence-electron chi connectivity index (χ1n) is 8.78. The second-order valence-electron chi connectivity index (χ2n) is 6.54. The molecule has 0 aliphatic heterocycles. The van der Waals surface area contributed by atoms with E-state index >= 15 is 0 Å². The molecule has 1 atom stereocenters. The predicted octanol–water partition coefficient (Wildman–Crippen LogP) is 3.47. The summed E-state index contributed by atoms with van der Waals surface area (Å²) in [5.74, 6) is 0.468. The fourth-order valence-electron chi connectivity index (χ4n) is 2.69. The Bertz CT molecular complexity index is 923. The van der Waals surface area contributed by atoms with Gasteiger partial charge in [-0.1, -0.05) is 67.9 Å². The molecule has 0 saturated carbocycles. The van der Waals surface area contributed by atoms with Crippen LogP contribution in [0.3, 0.4) is 0 Å². The summed E-state index contributed by atoms with van der Waals surface area (Å²) in [6, 6.07) is 16.6. The van der Waals surface area contributed by atoms with Crippen molar-refractivity contribution in [1.82, 2.24) is 20.1 Å². The third-order valence-electron chi connectivity index (χ3n) is 4.14. The molecule has 0 bridgehead atoms. The molecule has 27 heavy (non-hydrogen) atoms. The monoisotopic (exact) mass is 383 g/mol. The van der Waals surface area contributed by atoms with Crippen molar-refractivity contribution in [3.8, 4) is 5.69 Å². The maximum absolute atomic E-state index is 12.5. The number of rotatable bonds is 6. The molecule has 1 aromatic heterocycles. The van der Waals surface area contributed by atoms with Crippen LogP contribution in [0.1, 0.15) is 47.8 Å². The van der Waals surface area contributed by atoms with Crippen molar-refractivity contribution in [2.45, 2.75) is 25.8 Å². The van der Waals surface area contributed by atoms with Gasteiger partial charge >= 0.3 is 0 Å². The lowest BCUT2D eigenvalue weighted by Crippen LogP contribution is -2.32. The van der Waals surface area contributed by atoms with E-state index in [2.05, 4.69) is 15.4 Å². The highest BCUT2D eigenvalue weighted by Gasteiger charge is 2.21. The lowest BCUT2D eigenvalue weighted by atomic mass is 10.1. The molecule has 3 N–H and O–H groups in total. The van der Waals surface area contributed by atoms with Crippen LogP contribution in [0.5, 0.6) is 0 Å². The number of nitrogens with zero attached hydrogens (tertiary/aromatic N) is 3. The van der Waals surface area contributed by atoms with Crippen molar-refractivity contribution < 1.29 is 4.79 Å². The van der Waals surface area contributed by atoms with Gasteiger partial charge in [0.1, 0.15) is 5.82 Å². The summed E-state index contributed by atoms with van der Waals surface area (Å²) in [5.41, 5.74) is 7.78. The molecule has 1 amide bonds. The molecule has 1 unspecified atom stereocenters. The van der Waals surface area contributed by atoms with Crippen LogP contribution in [0.15, 0.2) is 54.6 Å². The van der Waals surface area contributed by atoms with Crippen LogP contribution in [0.4, 0.5) is 0 Å². The highest BCUT2D eigenvalue weighted by molar-refractivity contribution is 6.32. The number of nitrogens with one attached hydrogen (secondary N) is 1. The van der Waals surface area contributed by atoms with Crippen molar-refractivity contribution in [2.24, 2.45) is 5.73 Å². The van der Waals surface area contributed by atoms with Crippen LogP contribution in [0.2, 0.25) is 5.02 Å². The average Bonchev–Trinajstić information content (AvgIpc) is 3.12. The van der Waals surface area contributed by atoms with Gasteiger partial charge in [0.15, 0.2) is 0 Å². The van der Waals surface area contributed by atoms with Gasteiger partial charge in [0.25, 0.3) is 5.91 Å². The van der Waals surface area contributed by atoms with Gasteiger partial charge in [0.2, 0.25) is 5.82 Å². The van der Waals surface area contributed by atoms with Crippen LogP contribution in [-0.2, 0) is 0 Å². The number of hydrogen-bond donors (Lipinski definition) is 2. The van der Waals surface area contributed by atoms with E-state index in [1.54, 1.807) is 10.7 Å². The second-order valence-corrected chi connectivity index (χ2v) is 6.95. The van der Waals surface area contributed by atoms with Gasteiger partial charge < -0.3 is 11.1 Å². The summed E-state index contributed by atoms with van der Waals surface area (Å²) in [4.78, 5) is 17.0. The Hall–Kier alpha value is -2.70. The number of para-hydroxylation sites is 1. The maximum Gasteiger partial charge on any atom is 0.291 e. The Morgan fingerprint density at radius 2 is 1.81 bits per heavy atom. The highest BCUT2D eigenvalue weighted by atomic mass is 35.5. The first-order chi connectivity index (χ1) is 13.0. The van der Waals surface area contributed by atoms with Gasteiger partial charge in [-0.3, -0.25) is 4.79 Å². The Morgan fingerprint density at radius 3 is 2.48 bits per heavy atom. The fourth-order valence-corrected chi connectivity index (χ4v) is 2.91. The average molecular weight is 384 g/mol. The summed E-state index contributed by atoms with van der Waals surface area (Å²) in [6.45, 7) is 4.27. The number of carbonyl (C=O) groups is 1. The Balaban J connectivity index is 1.79. The number of aromatic nitrogens is 3. The first-order valence-corrected chi connectivity index (χ1v) is 9.15. The van der Waals surface area contributed by atoms with Crippen LogP contribution in [-0.4, -0.2) is 27.2 Å². The van der Waals surface area contributed by atoms with E-state index in [4.69, 9.17) is 17.3 Å². The summed E-state index contributed by atoms with van der Waals surface area (Å²) in [6.07, 6.45) is 0. The van der Waals surface area contributed by atoms with Crippen molar-refractivity contribution >= 4 is 17.5 Å². The van der Waals surface area contributed by atoms with Gasteiger partial charge in [0.05, 0.1) is 10.7 Å². The molecule has 1 heterocycles. The van der Waals surface area contributed by atoms with E-state index in [-0.39, 0.29) is 23.7 Å². The van der Waals surface area contributed by atoms with Crippen LogP contribution >= 0.6 is 11.6 Å². The van der Waals surface area contributed by atoms with Crippen molar-refractivity contribution in [3.63, 3.8) is 0 Å². The number of hydrogen-bond acceptors (Lipinski definition) is 4. The lowest BCUT2D eigenvalue weighted by molar-refractivity contribution is 0.0941. The smallest absolute Gasteiger partial charge is 0.291 e. The zero-order valence-corrected chi connectivity index (χ0v) is 16.0. The second kappa shape index (κ2) is 8.33. The molecule has 140 valence electrons. The normalized spacial score (nSPS) is 12.2. The molecule has 0 fully saturated rings. The summed E-state index contributed by atoms with van der Waals surface area (Å²) in [7, 11) is 0. The third-order valence-corrected chi connectivity index (χ3v) is 4.46. The van der Waals surface area contributed by atoms with Gasteiger partial charge in [-0.05, 0) is 17.7 Å². The van der Waals surface area contributed by atoms with Crippen LogP contribution < -0.4 is 11.1 Å². The fraction of sp³-hybridized carbons (Fsp3) is 0.250. The Morgan fingerprint density at radius 1 is 1.15 bits per heavy atom. The van der Waals surface area contributed by atoms with Gasteiger partial charge in [0, 0.05) is 18.5 Å². The molecule has 7 heteroatoms. The predicted molar refractivity (Wildman–Crippen MR) is 106 cm³/mol. The third kappa shape index (κ3) is 4.35. The van der Waals surface area contributed by atoms with Gasteiger partial charge in [-0.15, -0.1) is 5.10 Å². The zero-order valence-electron chi connectivity index (χ0n) is 15.3. The summed E-state index contributed by atoms with van der Waals surface area (Å²) < 4.78 is 1.62. The number of halogens is 1. The Kier molecular flexibility index (Phi) is 5.88. The molecule has 2 aromatic carbocycles. The molecular weight excluding hydrogens is 362 g/mol. The summed E-state index contributed by atoms with van der Waals surface area (Å²) >= 11 is 6.29. The highest BCUT2D eigenvalue weighted by Crippen LogP contribution is 2.23. The van der Waals surface area contributed by atoms with E-state index in [1.807, 2.05) is 62.4 Å². The molecule has 3 aromatic rings. The quantitative estimate of drug-likeness (QED) is 0.682. The van der Waals surface area contributed by atoms with Crippen molar-refractivity contribution in [3.05, 3.63) is 76.8 Å². The van der Waals surface area contributed by atoms with E-state index in [0.29, 0.717) is 23.1 Å². The van der Waals surface area contributed by atoms with Crippen LogP contribution in [0.25, 0.3) is 5.69 Å². The molecule has 0 aliphatic rings. The van der Waals surface area contributed by atoms with Crippen molar-refractivity contribution in [2.75, 3.05) is 6.54 Å². The molecule has 0 saturated heterocycles. The largest absolute Gasteiger partial charge is 0.347 e. The zero-order chi connectivity index (χ0) is 19.4. The molecule has 6 nitrogen and oxygen atoms in total. The van der Waals surface area contributed by atoms with E-state index in [1.165, 1.54) is 0 Å². The Labute approximate surface area is 163 Å². The topological polar surface area (TPSA) is 85.8 Å². The number of amides is 1. The molecule has 0 spiro atoms. The number of carbonyl (C=O) groups excluding carboxylic acids is 1. The SMILES string of the molecule is CC(C)c1nc(C(=O)NCC(N)c2ccccc2)nn1-c1ccccc1Cl. The summed E-state index contributed by atoms with van der Waals surface area (Å²) in [5, 5.41) is 7.73. The van der Waals surface area contributed by atoms with E-state index in [9.17, 15) is 4.79 Å². The van der Waals surface area contributed by atoms with Crippen LogP contribution in [0, 0.1) is 0 Å². The minimum atomic E-state index is -0.367. The molecule has 0 aliphatic carbocycles. The standard InChI is InChI=1S/C20H22ClN5O/c1-13(2)19-24-18(25-26(19)17-11-7-6-10-15(17)21)20(27)23-12-16(22)14-8-4-3-5-9-14/h3-11,13,16H,12,22H2,1-2H3,(H,23,27). The molecule has 0 radical (unpaired) electrons. The van der Waals surface area contributed by atoms with Crippen molar-refractivity contribution in [1.29, 1.82) is 0 Å². The molecule has 3 rings (SSSR count). The van der Waals surface area contributed by atoms with Gasteiger partial charge in [-0.2, -0.15) is 0 Å². The van der Waals surface area contributed by atoms with Gasteiger partial charge in [-0.25, -0.2) is 9.67 Å². The minimum absolute atomic E-state index is 0.0712.